The van der Waals surface area contributed by atoms with Gasteiger partial charge in [0, 0.05) is 30.4 Å². The largest absolute Gasteiger partial charge is 0.494 e. The Morgan fingerprint density at radius 2 is 2.00 bits per heavy atom. The van der Waals surface area contributed by atoms with Crippen LogP contribution in [-0.4, -0.2) is 25.0 Å². The highest BCUT2D eigenvalue weighted by atomic mass is 19.1. The minimum absolute atomic E-state index is 0.0135. The molecule has 0 saturated heterocycles. The molecule has 1 amide bonds. The van der Waals surface area contributed by atoms with E-state index >= 15 is 0 Å². The Balaban J connectivity index is 2.39. The second-order valence-corrected chi connectivity index (χ2v) is 4.54. The quantitative estimate of drug-likeness (QED) is 0.653. The van der Waals surface area contributed by atoms with Gasteiger partial charge in [-0.3, -0.25) is 14.9 Å². The van der Waals surface area contributed by atoms with Crippen LogP contribution >= 0.6 is 0 Å². The summed E-state index contributed by atoms with van der Waals surface area (Å²) in [5, 5.41) is 16.4. The first-order chi connectivity index (χ1) is 11.0. The van der Waals surface area contributed by atoms with Crippen LogP contribution in [0.5, 0.6) is 5.75 Å². The van der Waals surface area contributed by atoms with E-state index in [-0.39, 0.29) is 22.7 Å². The fourth-order valence-corrected chi connectivity index (χ4v) is 1.97. The van der Waals surface area contributed by atoms with Crippen LogP contribution in [0.4, 0.5) is 21.5 Å². The van der Waals surface area contributed by atoms with Crippen LogP contribution in [0.2, 0.25) is 0 Å². The smallest absolute Gasteiger partial charge is 0.293 e. The molecule has 2 aromatic rings. The third-order valence-electron chi connectivity index (χ3n) is 3.11. The predicted molar refractivity (Wildman–Crippen MR) is 82.7 cm³/mol. The summed E-state index contributed by atoms with van der Waals surface area (Å²) in [5.74, 6) is -0.953. The summed E-state index contributed by atoms with van der Waals surface area (Å²) in [5.41, 5.74) is 0.492. The second kappa shape index (κ2) is 6.73. The SMILES string of the molecule is CNC(=O)c1ccc(Nc2ccc(F)c(OC)c2)c([N+](=O)[O-])c1. The van der Waals surface area contributed by atoms with E-state index in [9.17, 15) is 19.3 Å². The van der Waals surface area contributed by atoms with Crippen molar-refractivity contribution in [2.75, 3.05) is 19.5 Å². The molecular formula is C15H14FN3O4. The molecule has 0 fully saturated rings. The minimum Gasteiger partial charge on any atom is -0.494 e. The van der Waals surface area contributed by atoms with Gasteiger partial charge in [0.25, 0.3) is 11.6 Å². The summed E-state index contributed by atoms with van der Waals surface area (Å²) in [7, 11) is 2.76. The first-order valence-corrected chi connectivity index (χ1v) is 6.57. The van der Waals surface area contributed by atoms with E-state index in [4.69, 9.17) is 4.74 Å². The fraction of sp³-hybridized carbons (Fsp3) is 0.133. The fourth-order valence-electron chi connectivity index (χ4n) is 1.97. The van der Waals surface area contributed by atoms with Gasteiger partial charge in [-0.25, -0.2) is 4.39 Å². The van der Waals surface area contributed by atoms with E-state index in [1.165, 1.54) is 50.6 Å². The number of nitrogens with one attached hydrogen (secondary N) is 2. The number of nitro groups is 1. The molecule has 8 heteroatoms. The van der Waals surface area contributed by atoms with Gasteiger partial charge in [-0.2, -0.15) is 0 Å². The molecule has 23 heavy (non-hydrogen) atoms. The van der Waals surface area contributed by atoms with Crippen molar-refractivity contribution >= 4 is 23.0 Å². The molecule has 0 aliphatic heterocycles. The summed E-state index contributed by atoms with van der Waals surface area (Å²) in [6, 6.07) is 8.03. The van der Waals surface area contributed by atoms with Crippen LogP contribution in [0.1, 0.15) is 10.4 Å². The third-order valence-corrected chi connectivity index (χ3v) is 3.11. The van der Waals surface area contributed by atoms with Gasteiger partial charge in [0.2, 0.25) is 0 Å². The molecule has 0 atom stereocenters. The van der Waals surface area contributed by atoms with Crippen LogP contribution in [0, 0.1) is 15.9 Å². The number of methoxy groups -OCH3 is 1. The Kier molecular flexibility index (Phi) is 4.75. The van der Waals surface area contributed by atoms with Crippen molar-refractivity contribution in [2.45, 2.75) is 0 Å². The molecule has 2 aromatic carbocycles. The number of halogens is 1. The number of carbonyl (C=O) groups is 1. The lowest BCUT2D eigenvalue weighted by atomic mass is 10.1. The van der Waals surface area contributed by atoms with Gasteiger partial charge in [0.05, 0.1) is 12.0 Å². The van der Waals surface area contributed by atoms with Gasteiger partial charge in [-0.15, -0.1) is 0 Å². The van der Waals surface area contributed by atoms with Gasteiger partial charge >= 0.3 is 0 Å². The second-order valence-electron chi connectivity index (χ2n) is 4.54. The first kappa shape index (κ1) is 16.2. The summed E-state index contributed by atoms with van der Waals surface area (Å²) in [6.45, 7) is 0. The van der Waals surface area contributed by atoms with Crippen LogP contribution < -0.4 is 15.4 Å². The van der Waals surface area contributed by atoms with E-state index in [2.05, 4.69) is 10.6 Å². The molecule has 0 bridgehead atoms. The van der Waals surface area contributed by atoms with Crippen molar-refractivity contribution in [1.82, 2.24) is 5.32 Å². The number of benzene rings is 2. The van der Waals surface area contributed by atoms with Crippen LogP contribution in [0.25, 0.3) is 0 Å². The lowest BCUT2D eigenvalue weighted by Crippen LogP contribution is -2.17. The van der Waals surface area contributed by atoms with Crippen molar-refractivity contribution < 1.29 is 18.8 Å². The monoisotopic (exact) mass is 319 g/mol. The molecule has 0 spiro atoms. The number of hydrogen-bond acceptors (Lipinski definition) is 5. The maximum atomic E-state index is 13.4. The zero-order chi connectivity index (χ0) is 17.0. The summed E-state index contributed by atoms with van der Waals surface area (Å²) in [4.78, 5) is 22.2. The molecule has 2 rings (SSSR count). The van der Waals surface area contributed by atoms with E-state index in [0.29, 0.717) is 5.69 Å². The van der Waals surface area contributed by atoms with Crippen LogP contribution in [0.15, 0.2) is 36.4 Å². The zero-order valence-electron chi connectivity index (χ0n) is 12.4. The van der Waals surface area contributed by atoms with Crippen LogP contribution in [-0.2, 0) is 0 Å². The van der Waals surface area contributed by atoms with Crippen molar-refractivity contribution in [3.05, 3.63) is 57.9 Å². The molecule has 120 valence electrons. The van der Waals surface area contributed by atoms with E-state index in [0.717, 1.165) is 0 Å². The number of ether oxygens (including phenoxy) is 1. The summed E-state index contributed by atoms with van der Waals surface area (Å²) in [6.07, 6.45) is 0. The Labute approximate surface area is 131 Å². The van der Waals surface area contributed by atoms with Gasteiger partial charge in [-0.05, 0) is 24.3 Å². The first-order valence-electron chi connectivity index (χ1n) is 6.57. The average molecular weight is 319 g/mol. The molecule has 0 radical (unpaired) electrons. The number of nitrogens with zero attached hydrogens (tertiary/aromatic N) is 1. The number of carbonyl (C=O) groups excluding carboxylic acids is 1. The van der Waals surface area contributed by atoms with Crippen molar-refractivity contribution in [3.8, 4) is 5.75 Å². The van der Waals surface area contributed by atoms with Crippen molar-refractivity contribution in [3.63, 3.8) is 0 Å². The van der Waals surface area contributed by atoms with Crippen molar-refractivity contribution in [2.24, 2.45) is 0 Å². The molecule has 0 saturated carbocycles. The Morgan fingerprint density at radius 3 is 2.61 bits per heavy atom. The number of hydrogen-bond donors (Lipinski definition) is 2. The molecule has 0 heterocycles. The van der Waals surface area contributed by atoms with Gasteiger partial charge in [0.15, 0.2) is 11.6 Å². The number of nitro benzene ring substituents is 1. The summed E-state index contributed by atoms with van der Waals surface area (Å²) >= 11 is 0. The highest BCUT2D eigenvalue weighted by Crippen LogP contribution is 2.30. The standard InChI is InChI=1S/C15H14FN3O4/c1-17-15(20)9-3-6-12(13(7-9)19(21)22)18-10-4-5-11(16)14(8-10)23-2/h3-8,18H,1-2H3,(H,17,20). The Hall–Kier alpha value is -3.16. The topological polar surface area (TPSA) is 93.5 Å². The van der Waals surface area contributed by atoms with E-state index in [1.54, 1.807) is 0 Å². The Bertz CT molecular complexity index is 764. The molecule has 0 aliphatic carbocycles. The maximum absolute atomic E-state index is 13.4. The molecule has 7 nitrogen and oxygen atoms in total. The third kappa shape index (κ3) is 3.54. The number of amides is 1. The maximum Gasteiger partial charge on any atom is 0.293 e. The normalized spacial score (nSPS) is 10.0. The Morgan fingerprint density at radius 1 is 1.26 bits per heavy atom. The van der Waals surface area contributed by atoms with E-state index in [1.807, 2.05) is 0 Å². The lowest BCUT2D eigenvalue weighted by molar-refractivity contribution is -0.383. The summed E-state index contributed by atoms with van der Waals surface area (Å²) < 4.78 is 18.3. The molecule has 0 aromatic heterocycles. The lowest BCUT2D eigenvalue weighted by Gasteiger charge is -2.10. The average Bonchev–Trinajstić information content (AvgIpc) is 2.55. The highest BCUT2D eigenvalue weighted by molar-refractivity contribution is 5.95. The van der Waals surface area contributed by atoms with Crippen LogP contribution in [0.3, 0.4) is 0 Å². The van der Waals surface area contributed by atoms with Gasteiger partial charge in [-0.1, -0.05) is 0 Å². The molecular weight excluding hydrogens is 305 g/mol. The highest BCUT2D eigenvalue weighted by Gasteiger charge is 2.17. The van der Waals surface area contributed by atoms with Gasteiger partial charge < -0.3 is 15.4 Å². The zero-order valence-corrected chi connectivity index (χ0v) is 12.4. The molecule has 2 N–H and O–H groups in total. The van der Waals surface area contributed by atoms with Crippen molar-refractivity contribution in [1.29, 1.82) is 0 Å². The molecule has 0 unspecified atom stereocenters. The molecule has 0 aliphatic rings. The van der Waals surface area contributed by atoms with Gasteiger partial charge in [0.1, 0.15) is 5.69 Å². The minimum atomic E-state index is -0.602. The van der Waals surface area contributed by atoms with E-state index < -0.39 is 16.6 Å². The number of rotatable bonds is 5. The predicted octanol–water partition coefficient (Wildman–Crippen LogP) is 2.85. The number of anilines is 2.